The number of carbonyl (C=O) groups excluding carboxylic acids is 3. The summed E-state index contributed by atoms with van der Waals surface area (Å²) < 4.78 is 0. The quantitative estimate of drug-likeness (QED) is 0.563. The third-order valence-electron chi connectivity index (χ3n) is 2.91. The van der Waals surface area contributed by atoms with Crippen molar-refractivity contribution in [3.63, 3.8) is 0 Å². The number of hydrogen-bond donors (Lipinski definition) is 1. The zero-order valence-corrected chi connectivity index (χ0v) is 7.42. The minimum Gasteiger partial charge on any atom is -0.354 e. The van der Waals surface area contributed by atoms with E-state index in [1.54, 1.807) is 0 Å². The second-order valence-corrected chi connectivity index (χ2v) is 3.91. The predicted molar refractivity (Wildman–Crippen MR) is 43.9 cm³/mol. The minimum atomic E-state index is -1.03. The summed E-state index contributed by atoms with van der Waals surface area (Å²) in [5.41, 5.74) is -0.371. The zero-order valence-electron chi connectivity index (χ0n) is 7.42. The Morgan fingerprint density at radius 3 is 2.54 bits per heavy atom. The average Bonchev–Trinajstić information content (AvgIpc) is 2.79. The second-order valence-electron chi connectivity index (χ2n) is 3.91. The van der Waals surface area contributed by atoms with E-state index in [2.05, 4.69) is 5.32 Å². The maximum atomic E-state index is 11.7. The van der Waals surface area contributed by atoms with E-state index in [0.717, 1.165) is 12.8 Å². The highest BCUT2D eigenvalue weighted by atomic mass is 16.2. The maximum absolute atomic E-state index is 11.7. The molecule has 0 aromatic carbocycles. The van der Waals surface area contributed by atoms with Gasteiger partial charge in [0.25, 0.3) is 0 Å². The first-order valence-corrected chi connectivity index (χ1v) is 4.39. The Balaban J connectivity index is 2.27. The van der Waals surface area contributed by atoms with E-state index >= 15 is 0 Å². The number of hydrogen-bond acceptors (Lipinski definition) is 3. The van der Waals surface area contributed by atoms with E-state index in [1.807, 2.05) is 0 Å². The first-order valence-electron chi connectivity index (χ1n) is 4.39. The Morgan fingerprint density at radius 1 is 1.46 bits per heavy atom. The molecule has 2 rings (SSSR count). The Labute approximate surface area is 75.7 Å². The van der Waals surface area contributed by atoms with Crippen molar-refractivity contribution in [1.82, 2.24) is 5.32 Å². The van der Waals surface area contributed by atoms with E-state index in [9.17, 15) is 14.4 Å². The number of nitrogens with one attached hydrogen (secondary N) is 1. The van der Waals surface area contributed by atoms with E-state index in [0.29, 0.717) is 6.54 Å². The summed E-state index contributed by atoms with van der Waals surface area (Å²) in [6, 6.07) is 0. The molecule has 2 fully saturated rings. The molecule has 0 bridgehead atoms. The van der Waals surface area contributed by atoms with Crippen LogP contribution in [0.15, 0.2) is 0 Å². The van der Waals surface area contributed by atoms with Crippen LogP contribution in [0.4, 0.5) is 0 Å². The molecular weight excluding hydrogens is 170 g/mol. The van der Waals surface area contributed by atoms with Crippen molar-refractivity contribution in [3.8, 4) is 0 Å². The summed E-state index contributed by atoms with van der Waals surface area (Å²) in [5, 5.41) is 2.62. The lowest BCUT2D eigenvalue weighted by Crippen LogP contribution is -2.52. The molecule has 1 atom stereocenters. The van der Waals surface area contributed by atoms with Crippen LogP contribution in [0.3, 0.4) is 0 Å². The highest BCUT2D eigenvalue weighted by Crippen LogP contribution is 2.49. The van der Waals surface area contributed by atoms with Crippen molar-refractivity contribution in [2.24, 2.45) is 11.3 Å². The lowest BCUT2D eigenvalue weighted by molar-refractivity contribution is -0.145. The van der Waals surface area contributed by atoms with Gasteiger partial charge in [-0.05, 0) is 19.8 Å². The van der Waals surface area contributed by atoms with Crippen LogP contribution in [-0.4, -0.2) is 24.0 Å². The van der Waals surface area contributed by atoms with Crippen LogP contribution in [-0.2, 0) is 14.4 Å². The van der Waals surface area contributed by atoms with E-state index < -0.39 is 11.8 Å². The van der Waals surface area contributed by atoms with Gasteiger partial charge < -0.3 is 5.32 Å². The van der Waals surface area contributed by atoms with Crippen LogP contribution in [0.2, 0.25) is 0 Å². The van der Waals surface area contributed by atoms with Crippen molar-refractivity contribution in [2.75, 3.05) is 6.54 Å². The smallest absolute Gasteiger partial charge is 0.238 e. The molecule has 4 heteroatoms. The van der Waals surface area contributed by atoms with Crippen molar-refractivity contribution in [1.29, 1.82) is 0 Å². The SMILES string of the molecule is CC(=O)C1C(=O)NCC2(CC2)C1=O. The Morgan fingerprint density at radius 2 is 2.08 bits per heavy atom. The summed E-state index contributed by atoms with van der Waals surface area (Å²) >= 11 is 0. The van der Waals surface area contributed by atoms with Gasteiger partial charge in [0, 0.05) is 12.0 Å². The molecule has 1 spiro atoms. The molecule has 1 unspecified atom stereocenters. The molecular formula is C9H11NO3. The second kappa shape index (κ2) is 2.40. The first-order chi connectivity index (χ1) is 6.07. The predicted octanol–water partition coefficient (Wildman–Crippen LogP) is -0.329. The summed E-state index contributed by atoms with van der Waals surface area (Å²) in [7, 11) is 0. The topological polar surface area (TPSA) is 63.2 Å². The normalized spacial score (nSPS) is 30.1. The van der Waals surface area contributed by atoms with E-state index in [4.69, 9.17) is 0 Å². The lowest BCUT2D eigenvalue weighted by Gasteiger charge is -2.25. The molecule has 0 aromatic rings. The van der Waals surface area contributed by atoms with Crippen molar-refractivity contribution in [3.05, 3.63) is 0 Å². The molecule has 13 heavy (non-hydrogen) atoms. The molecule has 1 saturated heterocycles. The van der Waals surface area contributed by atoms with Crippen LogP contribution in [0.5, 0.6) is 0 Å². The van der Waals surface area contributed by atoms with Gasteiger partial charge in [-0.25, -0.2) is 0 Å². The number of amides is 1. The van der Waals surface area contributed by atoms with Gasteiger partial charge in [0.1, 0.15) is 5.78 Å². The fourth-order valence-electron chi connectivity index (χ4n) is 1.81. The number of ketones is 2. The molecule has 1 heterocycles. The molecule has 70 valence electrons. The number of Topliss-reactive ketones (excluding diaryl/α,β-unsaturated/α-hetero) is 2. The number of piperidine rings is 1. The lowest BCUT2D eigenvalue weighted by atomic mass is 9.83. The Hall–Kier alpha value is -1.19. The van der Waals surface area contributed by atoms with E-state index in [-0.39, 0.29) is 17.0 Å². The summed E-state index contributed by atoms with van der Waals surface area (Å²) in [6.45, 7) is 1.72. The van der Waals surface area contributed by atoms with Gasteiger partial charge in [-0.1, -0.05) is 0 Å². The van der Waals surface area contributed by atoms with Gasteiger partial charge in [0.2, 0.25) is 5.91 Å². The van der Waals surface area contributed by atoms with Gasteiger partial charge in [0.05, 0.1) is 0 Å². The van der Waals surface area contributed by atoms with Crippen LogP contribution < -0.4 is 5.32 Å². The molecule has 4 nitrogen and oxygen atoms in total. The van der Waals surface area contributed by atoms with Gasteiger partial charge in [0.15, 0.2) is 11.7 Å². The largest absolute Gasteiger partial charge is 0.354 e. The Kier molecular flexibility index (Phi) is 1.55. The van der Waals surface area contributed by atoms with Crippen molar-refractivity contribution < 1.29 is 14.4 Å². The number of rotatable bonds is 1. The zero-order chi connectivity index (χ0) is 9.64. The standard InChI is InChI=1S/C9H11NO3/c1-5(11)6-7(12)9(2-3-9)4-10-8(6)13/h6H,2-4H2,1H3,(H,10,13). The van der Waals surface area contributed by atoms with Crippen LogP contribution in [0, 0.1) is 11.3 Å². The Bertz CT molecular complexity index is 304. The highest BCUT2D eigenvalue weighted by molar-refractivity contribution is 6.21. The fourth-order valence-corrected chi connectivity index (χ4v) is 1.81. The van der Waals surface area contributed by atoms with Gasteiger partial charge >= 0.3 is 0 Å². The van der Waals surface area contributed by atoms with Gasteiger partial charge in [-0.15, -0.1) is 0 Å². The van der Waals surface area contributed by atoms with Crippen LogP contribution in [0.1, 0.15) is 19.8 Å². The molecule has 1 amide bonds. The van der Waals surface area contributed by atoms with Crippen molar-refractivity contribution in [2.45, 2.75) is 19.8 Å². The third kappa shape index (κ3) is 1.08. The van der Waals surface area contributed by atoms with Gasteiger partial charge in [-0.2, -0.15) is 0 Å². The highest BCUT2D eigenvalue weighted by Gasteiger charge is 2.57. The van der Waals surface area contributed by atoms with Crippen LogP contribution in [0.25, 0.3) is 0 Å². The summed E-state index contributed by atoms with van der Waals surface area (Å²) in [6.07, 6.45) is 1.63. The number of carbonyl (C=O) groups is 3. The van der Waals surface area contributed by atoms with Crippen molar-refractivity contribution >= 4 is 17.5 Å². The maximum Gasteiger partial charge on any atom is 0.238 e. The third-order valence-corrected chi connectivity index (χ3v) is 2.91. The summed E-state index contributed by atoms with van der Waals surface area (Å²) in [4.78, 5) is 33.9. The fraction of sp³-hybridized carbons (Fsp3) is 0.667. The van der Waals surface area contributed by atoms with Gasteiger partial charge in [-0.3, -0.25) is 14.4 Å². The minimum absolute atomic E-state index is 0.163. The molecule has 0 aromatic heterocycles. The molecule has 1 aliphatic carbocycles. The summed E-state index contributed by atoms with van der Waals surface area (Å²) in [5.74, 6) is -1.96. The average molecular weight is 181 g/mol. The molecule has 0 radical (unpaired) electrons. The molecule has 1 N–H and O–H groups in total. The van der Waals surface area contributed by atoms with E-state index in [1.165, 1.54) is 6.92 Å². The van der Waals surface area contributed by atoms with Crippen LogP contribution >= 0.6 is 0 Å². The molecule has 2 aliphatic rings. The monoisotopic (exact) mass is 181 g/mol. The first kappa shape index (κ1) is 8.41. The molecule has 1 saturated carbocycles. The molecule has 1 aliphatic heterocycles.